The van der Waals surface area contributed by atoms with Crippen LogP contribution in [0.1, 0.15) is 13.8 Å². The zero-order valence-electron chi connectivity index (χ0n) is 12.2. The van der Waals surface area contributed by atoms with Crippen molar-refractivity contribution in [1.82, 2.24) is 20.1 Å². The van der Waals surface area contributed by atoms with Crippen LogP contribution in [0.25, 0.3) is 11.4 Å². The molecule has 0 aliphatic rings. The fourth-order valence-corrected chi connectivity index (χ4v) is 2.88. The van der Waals surface area contributed by atoms with Gasteiger partial charge in [-0.15, -0.1) is 10.2 Å². The molecule has 0 bridgehead atoms. The lowest BCUT2D eigenvalue weighted by Gasteiger charge is -2.07. The van der Waals surface area contributed by atoms with Gasteiger partial charge in [-0.2, -0.15) is 0 Å². The standard InChI is InChI=1S/C14H15ClN4O2S/c1-3-19-13(10-5-4-6-11(15)7-10)17-18-14(19)22-8-12(21)16-9(2)20/h4-7H,3,8H2,1-2H3,(H,16,20,21). The molecule has 116 valence electrons. The molecule has 0 unspecified atom stereocenters. The number of imide groups is 1. The molecular formula is C14H15ClN4O2S. The Morgan fingerprint density at radius 1 is 1.36 bits per heavy atom. The van der Waals surface area contributed by atoms with Crippen LogP contribution in [-0.2, 0) is 16.1 Å². The topological polar surface area (TPSA) is 76.9 Å². The number of carbonyl (C=O) groups is 2. The van der Waals surface area contributed by atoms with Crippen LogP contribution in [-0.4, -0.2) is 32.3 Å². The van der Waals surface area contributed by atoms with Gasteiger partial charge in [0.2, 0.25) is 11.8 Å². The Bertz CT molecular complexity index is 702. The molecule has 0 fully saturated rings. The van der Waals surface area contributed by atoms with Crippen molar-refractivity contribution in [3.8, 4) is 11.4 Å². The average molecular weight is 339 g/mol. The molecule has 1 aromatic carbocycles. The molecule has 8 heteroatoms. The van der Waals surface area contributed by atoms with Crippen LogP contribution in [0.4, 0.5) is 0 Å². The van der Waals surface area contributed by atoms with Crippen molar-refractivity contribution < 1.29 is 9.59 Å². The Labute approximate surface area is 137 Å². The first kappa shape index (κ1) is 16.5. The Hall–Kier alpha value is -1.86. The summed E-state index contributed by atoms with van der Waals surface area (Å²) in [6.07, 6.45) is 0. The number of amides is 2. The lowest BCUT2D eigenvalue weighted by atomic mass is 10.2. The summed E-state index contributed by atoms with van der Waals surface area (Å²) in [6.45, 7) is 3.93. The second kappa shape index (κ2) is 7.42. The van der Waals surface area contributed by atoms with Gasteiger partial charge in [-0.05, 0) is 19.1 Å². The zero-order valence-corrected chi connectivity index (χ0v) is 13.7. The highest BCUT2D eigenvalue weighted by molar-refractivity contribution is 7.99. The van der Waals surface area contributed by atoms with E-state index < -0.39 is 0 Å². The van der Waals surface area contributed by atoms with E-state index in [2.05, 4.69) is 15.5 Å². The Morgan fingerprint density at radius 3 is 2.77 bits per heavy atom. The smallest absolute Gasteiger partial charge is 0.237 e. The number of halogens is 1. The van der Waals surface area contributed by atoms with Crippen molar-refractivity contribution in [1.29, 1.82) is 0 Å². The first-order valence-corrected chi connectivity index (χ1v) is 8.00. The van der Waals surface area contributed by atoms with E-state index in [1.165, 1.54) is 18.7 Å². The maximum atomic E-state index is 11.5. The minimum absolute atomic E-state index is 0.104. The van der Waals surface area contributed by atoms with Crippen LogP contribution in [0.3, 0.4) is 0 Å². The molecule has 0 atom stereocenters. The first-order valence-electron chi connectivity index (χ1n) is 6.63. The van der Waals surface area contributed by atoms with Crippen LogP contribution in [0.15, 0.2) is 29.4 Å². The van der Waals surface area contributed by atoms with Gasteiger partial charge < -0.3 is 4.57 Å². The Balaban J connectivity index is 2.17. The van der Waals surface area contributed by atoms with Gasteiger partial charge in [-0.25, -0.2) is 0 Å². The van der Waals surface area contributed by atoms with Crippen molar-refractivity contribution in [2.75, 3.05) is 5.75 Å². The fraction of sp³-hybridized carbons (Fsp3) is 0.286. The van der Waals surface area contributed by atoms with Crippen LogP contribution < -0.4 is 5.32 Å². The highest BCUT2D eigenvalue weighted by Crippen LogP contribution is 2.25. The molecule has 0 aliphatic heterocycles. The van der Waals surface area contributed by atoms with E-state index >= 15 is 0 Å². The molecule has 0 saturated heterocycles. The minimum Gasteiger partial charge on any atom is -0.302 e. The van der Waals surface area contributed by atoms with Crippen molar-refractivity contribution >= 4 is 35.2 Å². The molecule has 0 saturated carbocycles. The number of carbonyl (C=O) groups excluding carboxylic acids is 2. The highest BCUT2D eigenvalue weighted by Gasteiger charge is 2.15. The summed E-state index contributed by atoms with van der Waals surface area (Å²) in [7, 11) is 0. The maximum absolute atomic E-state index is 11.5. The van der Waals surface area contributed by atoms with E-state index in [9.17, 15) is 9.59 Å². The predicted octanol–water partition coefficient (Wildman–Crippen LogP) is 2.37. The van der Waals surface area contributed by atoms with Gasteiger partial charge in [0.05, 0.1) is 5.75 Å². The summed E-state index contributed by atoms with van der Waals surface area (Å²) in [5.74, 6) is 0.0712. The van der Waals surface area contributed by atoms with Gasteiger partial charge in [0.1, 0.15) is 0 Å². The molecular weight excluding hydrogens is 324 g/mol. The van der Waals surface area contributed by atoms with Gasteiger partial charge in [-0.1, -0.05) is 35.5 Å². The third-order valence-electron chi connectivity index (χ3n) is 2.76. The molecule has 22 heavy (non-hydrogen) atoms. The predicted molar refractivity (Wildman–Crippen MR) is 85.7 cm³/mol. The number of hydrogen-bond acceptors (Lipinski definition) is 5. The van der Waals surface area contributed by atoms with E-state index in [0.29, 0.717) is 22.5 Å². The summed E-state index contributed by atoms with van der Waals surface area (Å²) < 4.78 is 1.90. The van der Waals surface area contributed by atoms with E-state index in [1.54, 1.807) is 6.07 Å². The van der Waals surface area contributed by atoms with Crippen molar-refractivity contribution in [3.63, 3.8) is 0 Å². The van der Waals surface area contributed by atoms with E-state index in [0.717, 1.165) is 5.56 Å². The first-order chi connectivity index (χ1) is 10.5. The summed E-state index contributed by atoms with van der Waals surface area (Å²) in [5.41, 5.74) is 0.863. The molecule has 6 nitrogen and oxygen atoms in total. The molecule has 2 aromatic rings. The SMILES string of the molecule is CCn1c(SCC(=O)NC(C)=O)nnc1-c1cccc(Cl)c1. The summed E-state index contributed by atoms with van der Waals surface area (Å²) in [6, 6.07) is 7.35. The van der Waals surface area contributed by atoms with Crippen LogP contribution in [0.2, 0.25) is 5.02 Å². The molecule has 2 amide bonds. The second-order valence-corrected chi connectivity index (χ2v) is 5.83. The minimum atomic E-state index is -0.373. The number of nitrogens with zero attached hydrogens (tertiary/aromatic N) is 3. The van der Waals surface area contributed by atoms with Gasteiger partial charge in [0, 0.05) is 24.1 Å². The number of nitrogens with one attached hydrogen (secondary N) is 1. The fourth-order valence-electron chi connectivity index (χ4n) is 1.88. The molecule has 2 rings (SSSR count). The molecule has 0 spiro atoms. The lowest BCUT2D eigenvalue weighted by molar-refractivity contribution is -0.127. The molecule has 1 heterocycles. The van der Waals surface area contributed by atoms with Gasteiger partial charge in [-0.3, -0.25) is 14.9 Å². The van der Waals surface area contributed by atoms with Crippen molar-refractivity contribution in [2.45, 2.75) is 25.5 Å². The monoisotopic (exact) mass is 338 g/mol. The number of aromatic nitrogens is 3. The zero-order chi connectivity index (χ0) is 16.1. The maximum Gasteiger partial charge on any atom is 0.237 e. The quantitative estimate of drug-likeness (QED) is 0.847. The van der Waals surface area contributed by atoms with Crippen LogP contribution >= 0.6 is 23.4 Å². The van der Waals surface area contributed by atoms with E-state index in [-0.39, 0.29) is 17.6 Å². The second-order valence-electron chi connectivity index (χ2n) is 4.45. The highest BCUT2D eigenvalue weighted by atomic mass is 35.5. The van der Waals surface area contributed by atoms with Crippen molar-refractivity contribution in [2.24, 2.45) is 0 Å². The Morgan fingerprint density at radius 2 is 2.14 bits per heavy atom. The van der Waals surface area contributed by atoms with Gasteiger partial charge in [0.25, 0.3) is 0 Å². The molecule has 1 aromatic heterocycles. The Kier molecular flexibility index (Phi) is 5.57. The molecule has 0 aliphatic carbocycles. The number of benzene rings is 1. The molecule has 1 N–H and O–H groups in total. The van der Waals surface area contributed by atoms with Crippen molar-refractivity contribution in [3.05, 3.63) is 29.3 Å². The number of rotatable bonds is 5. The van der Waals surface area contributed by atoms with Crippen LogP contribution in [0, 0.1) is 0 Å². The third-order valence-corrected chi connectivity index (χ3v) is 3.97. The van der Waals surface area contributed by atoms with Gasteiger partial charge >= 0.3 is 0 Å². The summed E-state index contributed by atoms with van der Waals surface area (Å²) in [5, 5.41) is 11.8. The van der Waals surface area contributed by atoms with E-state index in [4.69, 9.17) is 11.6 Å². The average Bonchev–Trinajstić information content (AvgIpc) is 2.87. The third kappa shape index (κ3) is 4.08. The van der Waals surface area contributed by atoms with E-state index in [1.807, 2.05) is 29.7 Å². The number of hydrogen-bond donors (Lipinski definition) is 1. The van der Waals surface area contributed by atoms with Crippen LogP contribution in [0.5, 0.6) is 0 Å². The number of thioether (sulfide) groups is 1. The lowest BCUT2D eigenvalue weighted by Crippen LogP contribution is -2.29. The largest absolute Gasteiger partial charge is 0.302 e. The molecule has 0 radical (unpaired) electrons. The summed E-state index contributed by atoms with van der Waals surface area (Å²) >= 11 is 7.23. The summed E-state index contributed by atoms with van der Waals surface area (Å²) in [4.78, 5) is 22.3. The normalized spacial score (nSPS) is 10.5. The van der Waals surface area contributed by atoms with Gasteiger partial charge in [0.15, 0.2) is 11.0 Å².